The predicted molar refractivity (Wildman–Crippen MR) is 81.7 cm³/mol. The molecule has 0 aliphatic carbocycles. The SMILES string of the molecule is COc1cc2ncc(C#N)c(NCCCN)c2cc1OC. The summed E-state index contributed by atoms with van der Waals surface area (Å²) in [6, 6.07) is 5.77. The summed E-state index contributed by atoms with van der Waals surface area (Å²) in [6.07, 6.45) is 2.38. The van der Waals surface area contributed by atoms with E-state index in [9.17, 15) is 5.26 Å². The molecule has 110 valence electrons. The Balaban J connectivity index is 2.58. The van der Waals surface area contributed by atoms with Crippen molar-refractivity contribution in [2.45, 2.75) is 6.42 Å². The van der Waals surface area contributed by atoms with E-state index in [-0.39, 0.29) is 0 Å². The highest BCUT2D eigenvalue weighted by Crippen LogP contribution is 2.35. The fourth-order valence-electron chi connectivity index (χ4n) is 2.11. The number of fused-ring (bicyclic) bond motifs is 1. The first-order valence-corrected chi connectivity index (χ1v) is 6.64. The van der Waals surface area contributed by atoms with Gasteiger partial charge in [0.1, 0.15) is 6.07 Å². The summed E-state index contributed by atoms with van der Waals surface area (Å²) in [4.78, 5) is 4.30. The Bertz CT molecular complexity index is 679. The fraction of sp³-hybridized carbons (Fsp3) is 0.333. The number of nitrogens with one attached hydrogen (secondary N) is 1. The topological polar surface area (TPSA) is 93.2 Å². The van der Waals surface area contributed by atoms with Crippen LogP contribution in [0.2, 0.25) is 0 Å². The van der Waals surface area contributed by atoms with Crippen LogP contribution in [0.25, 0.3) is 10.9 Å². The lowest BCUT2D eigenvalue weighted by molar-refractivity contribution is 0.356. The van der Waals surface area contributed by atoms with Crippen molar-refractivity contribution in [1.82, 2.24) is 4.98 Å². The number of aromatic nitrogens is 1. The number of hydrogen-bond donors (Lipinski definition) is 2. The van der Waals surface area contributed by atoms with E-state index in [1.165, 1.54) is 0 Å². The third-order valence-electron chi connectivity index (χ3n) is 3.18. The zero-order valence-corrected chi connectivity index (χ0v) is 12.1. The summed E-state index contributed by atoms with van der Waals surface area (Å²) in [5.74, 6) is 1.21. The first kappa shape index (κ1) is 14.9. The van der Waals surface area contributed by atoms with Crippen LogP contribution >= 0.6 is 0 Å². The second-order valence-electron chi connectivity index (χ2n) is 4.45. The highest BCUT2D eigenvalue weighted by atomic mass is 16.5. The summed E-state index contributed by atoms with van der Waals surface area (Å²) >= 11 is 0. The Hall–Kier alpha value is -2.52. The van der Waals surface area contributed by atoms with Crippen molar-refractivity contribution in [3.63, 3.8) is 0 Å². The van der Waals surface area contributed by atoms with Crippen LogP contribution in [0.1, 0.15) is 12.0 Å². The molecule has 3 N–H and O–H groups in total. The molecule has 0 aliphatic heterocycles. The predicted octanol–water partition coefficient (Wildman–Crippen LogP) is 1.88. The van der Waals surface area contributed by atoms with Gasteiger partial charge in [0, 0.05) is 24.2 Å². The summed E-state index contributed by atoms with van der Waals surface area (Å²) < 4.78 is 10.6. The molecule has 1 aromatic heterocycles. The lowest BCUT2D eigenvalue weighted by Crippen LogP contribution is -2.10. The quantitative estimate of drug-likeness (QED) is 0.788. The van der Waals surface area contributed by atoms with Gasteiger partial charge in [0.2, 0.25) is 0 Å². The highest BCUT2D eigenvalue weighted by molar-refractivity contribution is 5.96. The maximum atomic E-state index is 9.25. The molecule has 6 nitrogen and oxygen atoms in total. The molecule has 0 spiro atoms. The molecule has 0 radical (unpaired) electrons. The van der Waals surface area contributed by atoms with E-state index in [1.54, 1.807) is 26.5 Å². The third-order valence-corrected chi connectivity index (χ3v) is 3.18. The number of anilines is 1. The van der Waals surface area contributed by atoms with Gasteiger partial charge in [-0.1, -0.05) is 0 Å². The van der Waals surface area contributed by atoms with E-state index < -0.39 is 0 Å². The number of hydrogen-bond acceptors (Lipinski definition) is 6. The molecule has 0 amide bonds. The zero-order valence-electron chi connectivity index (χ0n) is 12.1. The van der Waals surface area contributed by atoms with Crippen molar-refractivity contribution in [3.05, 3.63) is 23.9 Å². The van der Waals surface area contributed by atoms with Crippen LogP contribution in [0.5, 0.6) is 11.5 Å². The van der Waals surface area contributed by atoms with Gasteiger partial charge in [-0.3, -0.25) is 4.98 Å². The van der Waals surface area contributed by atoms with Crippen molar-refractivity contribution < 1.29 is 9.47 Å². The normalized spacial score (nSPS) is 10.2. The van der Waals surface area contributed by atoms with E-state index in [1.807, 2.05) is 6.07 Å². The Morgan fingerprint density at radius 3 is 2.62 bits per heavy atom. The van der Waals surface area contributed by atoms with Gasteiger partial charge < -0.3 is 20.5 Å². The molecule has 21 heavy (non-hydrogen) atoms. The fourth-order valence-corrected chi connectivity index (χ4v) is 2.11. The van der Waals surface area contributed by atoms with Crippen LogP contribution in [0, 0.1) is 11.3 Å². The lowest BCUT2D eigenvalue weighted by Gasteiger charge is -2.14. The Morgan fingerprint density at radius 1 is 1.29 bits per heavy atom. The summed E-state index contributed by atoms with van der Waals surface area (Å²) in [5.41, 5.74) is 7.48. The molecule has 0 bridgehead atoms. The van der Waals surface area contributed by atoms with E-state index >= 15 is 0 Å². The van der Waals surface area contributed by atoms with Crippen LogP contribution in [0.3, 0.4) is 0 Å². The van der Waals surface area contributed by atoms with E-state index in [4.69, 9.17) is 15.2 Å². The first-order chi connectivity index (χ1) is 10.2. The third kappa shape index (κ3) is 2.98. The number of benzene rings is 1. The minimum absolute atomic E-state index is 0.492. The average Bonchev–Trinajstić information content (AvgIpc) is 2.53. The molecule has 0 fully saturated rings. The van der Waals surface area contributed by atoms with Gasteiger partial charge in [0.15, 0.2) is 11.5 Å². The minimum Gasteiger partial charge on any atom is -0.493 e. The maximum Gasteiger partial charge on any atom is 0.162 e. The molecular weight excluding hydrogens is 268 g/mol. The van der Waals surface area contributed by atoms with Crippen LogP contribution in [0.15, 0.2) is 18.3 Å². The Labute approximate surface area is 123 Å². The van der Waals surface area contributed by atoms with Gasteiger partial charge >= 0.3 is 0 Å². The smallest absolute Gasteiger partial charge is 0.162 e. The molecule has 1 aromatic carbocycles. The standard InChI is InChI=1S/C15H18N4O2/c1-20-13-6-11-12(7-14(13)21-2)19-9-10(8-17)15(11)18-5-3-4-16/h6-7,9H,3-5,16H2,1-2H3,(H,18,19). The van der Waals surface area contributed by atoms with Crippen LogP contribution in [-0.4, -0.2) is 32.3 Å². The van der Waals surface area contributed by atoms with Gasteiger partial charge in [0.25, 0.3) is 0 Å². The number of ether oxygens (including phenoxy) is 2. The Kier molecular flexibility index (Phi) is 4.80. The van der Waals surface area contributed by atoms with Crippen molar-refractivity contribution >= 4 is 16.6 Å². The molecule has 0 aliphatic rings. The van der Waals surface area contributed by atoms with Crippen molar-refractivity contribution in [2.24, 2.45) is 5.73 Å². The van der Waals surface area contributed by atoms with E-state index in [0.29, 0.717) is 30.2 Å². The molecular formula is C15H18N4O2. The minimum atomic E-state index is 0.492. The highest BCUT2D eigenvalue weighted by Gasteiger charge is 2.13. The number of methoxy groups -OCH3 is 2. The second-order valence-corrected chi connectivity index (χ2v) is 4.45. The number of nitrogens with two attached hydrogens (primary N) is 1. The number of pyridine rings is 1. The molecule has 1 heterocycles. The van der Waals surface area contributed by atoms with Gasteiger partial charge in [0.05, 0.1) is 31.0 Å². The number of nitrogens with zero attached hydrogens (tertiary/aromatic N) is 2. The van der Waals surface area contributed by atoms with Crippen molar-refractivity contribution in [1.29, 1.82) is 5.26 Å². The van der Waals surface area contributed by atoms with E-state index in [2.05, 4.69) is 16.4 Å². The summed E-state index contributed by atoms with van der Waals surface area (Å²) in [5, 5.41) is 13.3. The molecule has 0 unspecified atom stereocenters. The average molecular weight is 286 g/mol. The molecule has 2 aromatic rings. The Morgan fingerprint density at radius 2 is 2.00 bits per heavy atom. The number of nitriles is 1. The summed E-state index contributed by atoms with van der Waals surface area (Å²) in [6.45, 7) is 1.29. The molecule has 0 saturated heterocycles. The first-order valence-electron chi connectivity index (χ1n) is 6.64. The van der Waals surface area contributed by atoms with Crippen molar-refractivity contribution in [2.75, 3.05) is 32.6 Å². The largest absolute Gasteiger partial charge is 0.493 e. The van der Waals surface area contributed by atoms with Gasteiger partial charge in [-0.05, 0) is 19.0 Å². The second kappa shape index (κ2) is 6.77. The van der Waals surface area contributed by atoms with Crippen LogP contribution in [0.4, 0.5) is 5.69 Å². The molecule has 2 rings (SSSR count). The van der Waals surface area contributed by atoms with Gasteiger partial charge in [-0.25, -0.2) is 0 Å². The van der Waals surface area contributed by atoms with Crippen LogP contribution in [-0.2, 0) is 0 Å². The monoisotopic (exact) mass is 286 g/mol. The van der Waals surface area contributed by atoms with Gasteiger partial charge in [-0.15, -0.1) is 0 Å². The van der Waals surface area contributed by atoms with E-state index in [0.717, 1.165) is 23.0 Å². The number of rotatable bonds is 6. The maximum absolute atomic E-state index is 9.25. The lowest BCUT2D eigenvalue weighted by atomic mass is 10.1. The molecule has 0 saturated carbocycles. The summed E-state index contributed by atoms with van der Waals surface area (Å²) in [7, 11) is 3.15. The zero-order chi connectivity index (χ0) is 15.2. The van der Waals surface area contributed by atoms with Crippen LogP contribution < -0.4 is 20.5 Å². The molecule has 0 atom stereocenters. The van der Waals surface area contributed by atoms with Gasteiger partial charge in [-0.2, -0.15) is 5.26 Å². The van der Waals surface area contributed by atoms with Crippen molar-refractivity contribution in [3.8, 4) is 17.6 Å². The molecule has 6 heteroatoms.